The number of benzene rings is 1. The van der Waals surface area contributed by atoms with Gasteiger partial charge in [-0.25, -0.2) is 0 Å². The monoisotopic (exact) mass is 373 g/mol. The summed E-state index contributed by atoms with van der Waals surface area (Å²) < 4.78 is 43.8. The van der Waals surface area contributed by atoms with Gasteiger partial charge in [0.25, 0.3) is 0 Å². The van der Waals surface area contributed by atoms with Crippen LogP contribution in [0.5, 0.6) is 5.75 Å². The van der Waals surface area contributed by atoms with Crippen LogP contribution in [0.25, 0.3) is 0 Å². The van der Waals surface area contributed by atoms with E-state index in [-0.39, 0.29) is 25.4 Å². The summed E-state index contributed by atoms with van der Waals surface area (Å²) in [6, 6.07) is 4.74. The zero-order chi connectivity index (χ0) is 19.3. The molecule has 1 atom stereocenters. The SMILES string of the molecule is COc1ccc(NC(C)=O)cc1NC(=O)CN1CCC[C@H](C(F)(F)F)C1. The number of likely N-dealkylation sites (tertiary alicyclic amines) is 1. The van der Waals surface area contributed by atoms with Crippen LogP contribution in [0.4, 0.5) is 24.5 Å². The Labute approximate surface area is 149 Å². The molecule has 2 N–H and O–H groups in total. The van der Waals surface area contributed by atoms with Crippen LogP contribution in [0.15, 0.2) is 18.2 Å². The van der Waals surface area contributed by atoms with Gasteiger partial charge < -0.3 is 15.4 Å². The molecule has 1 saturated heterocycles. The number of alkyl halides is 3. The first-order valence-electron chi connectivity index (χ1n) is 8.23. The average Bonchev–Trinajstić information content (AvgIpc) is 2.54. The number of carbonyl (C=O) groups excluding carboxylic acids is 2. The molecule has 0 aromatic heterocycles. The molecule has 1 aromatic rings. The fourth-order valence-corrected chi connectivity index (χ4v) is 2.95. The molecule has 0 bridgehead atoms. The first kappa shape index (κ1) is 20.0. The van der Waals surface area contributed by atoms with Crippen molar-refractivity contribution in [3.63, 3.8) is 0 Å². The number of anilines is 2. The Kier molecular flexibility index (Phi) is 6.47. The van der Waals surface area contributed by atoms with Crippen LogP contribution < -0.4 is 15.4 Å². The second-order valence-electron chi connectivity index (χ2n) is 6.26. The van der Waals surface area contributed by atoms with Gasteiger partial charge in [0.15, 0.2) is 0 Å². The van der Waals surface area contributed by atoms with E-state index in [4.69, 9.17) is 4.74 Å². The summed E-state index contributed by atoms with van der Waals surface area (Å²) in [5.41, 5.74) is 0.817. The predicted molar refractivity (Wildman–Crippen MR) is 91.1 cm³/mol. The number of methoxy groups -OCH3 is 1. The van der Waals surface area contributed by atoms with E-state index in [2.05, 4.69) is 10.6 Å². The fraction of sp³-hybridized carbons (Fsp3) is 0.529. The summed E-state index contributed by atoms with van der Waals surface area (Å²) in [5.74, 6) is -1.72. The molecular formula is C17H22F3N3O3. The van der Waals surface area contributed by atoms with E-state index in [0.717, 1.165) is 0 Å². The lowest BCUT2D eigenvalue weighted by molar-refractivity contribution is -0.186. The molecule has 2 rings (SSSR count). The number of hydrogen-bond donors (Lipinski definition) is 2. The van der Waals surface area contributed by atoms with Gasteiger partial charge in [-0.15, -0.1) is 0 Å². The van der Waals surface area contributed by atoms with E-state index in [9.17, 15) is 22.8 Å². The molecule has 0 aliphatic carbocycles. The highest BCUT2D eigenvalue weighted by Crippen LogP contribution is 2.33. The van der Waals surface area contributed by atoms with Gasteiger partial charge in [0.2, 0.25) is 11.8 Å². The maximum absolute atomic E-state index is 12.9. The molecule has 0 spiro atoms. The van der Waals surface area contributed by atoms with Crippen LogP contribution in [-0.2, 0) is 9.59 Å². The zero-order valence-corrected chi connectivity index (χ0v) is 14.7. The number of piperidine rings is 1. The number of amides is 2. The Bertz CT molecular complexity index is 664. The van der Waals surface area contributed by atoms with Crippen molar-refractivity contribution in [2.75, 3.05) is 37.4 Å². The molecular weight excluding hydrogens is 351 g/mol. The van der Waals surface area contributed by atoms with Gasteiger partial charge in [0.05, 0.1) is 25.3 Å². The van der Waals surface area contributed by atoms with Gasteiger partial charge in [0.1, 0.15) is 5.75 Å². The van der Waals surface area contributed by atoms with Gasteiger partial charge >= 0.3 is 6.18 Å². The first-order chi connectivity index (χ1) is 12.2. The van der Waals surface area contributed by atoms with E-state index in [1.165, 1.54) is 25.0 Å². The van der Waals surface area contributed by atoms with Crippen LogP contribution in [0.1, 0.15) is 19.8 Å². The summed E-state index contributed by atoms with van der Waals surface area (Å²) in [7, 11) is 1.43. The number of ether oxygens (including phenoxy) is 1. The van der Waals surface area contributed by atoms with Crippen LogP contribution >= 0.6 is 0 Å². The van der Waals surface area contributed by atoms with Gasteiger partial charge in [0, 0.05) is 19.2 Å². The van der Waals surface area contributed by atoms with Crippen LogP contribution in [0, 0.1) is 5.92 Å². The highest BCUT2D eigenvalue weighted by Gasteiger charge is 2.41. The second kappa shape index (κ2) is 8.39. The molecule has 9 heteroatoms. The third kappa shape index (κ3) is 5.62. The van der Waals surface area contributed by atoms with E-state index in [1.54, 1.807) is 12.1 Å². The highest BCUT2D eigenvalue weighted by atomic mass is 19.4. The molecule has 0 saturated carbocycles. The molecule has 1 aliphatic heterocycles. The number of halogens is 3. The topological polar surface area (TPSA) is 70.7 Å². The summed E-state index contributed by atoms with van der Waals surface area (Å²) in [4.78, 5) is 24.9. The number of carbonyl (C=O) groups is 2. The molecule has 2 amide bonds. The lowest BCUT2D eigenvalue weighted by Gasteiger charge is -2.33. The van der Waals surface area contributed by atoms with Crippen molar-refractivity contribution in [1.82, 2.24) is 4.90 Å². The maximum atomic E-state index is 12.9. The third-order valence-corrected chi connectivity index (χ3v) is 4.13. The van der Waals surface area contributed by atoms with Gasteiger partial charge in [-0.2, -0.15) is 13.2 Å². The Hall–Kier alpha value is -2.29. The fourth-order valence-electron chi connectivity index (χ4n) is 2.95. The summed E-state index contributed by atoms with van der Waals surface area (Å²) in [5, 5.41) is 5.23. The van der Waals surface area contributed by atoms with Crippen molar-refractivity contribution in [3.8, 4) is 5.75 Å². The summed E-state index contributed by atoms with van der Waals surface area (Å²) in [6.45, 7) is 1.49. The standard InChI is InChI=1S/C17H22F3N3O3/c1-11(24)21-13-5-6-15(26-2)14(8-13)22-16(25)10-23-7-3-4-12(9-23)17(18,19)20/h5-6,8,12H,3-4,7,9-10H2,1-2H3,(H,21,24)(H,22,25)/t12-/m0/s1. The van der Waals surface area contributed by atoms with Crippen LogP contribution in [-0.4, -0.2) is 49.6 Å². The molecule has 0 unspecified atom stereocenters. The Morgan fingerprint density at radius 2 is 2.04 bits per heavy atom. The Balaban J connectivity index is 2.01. The molecule has 0 radical (unpaired) electrons. The molecule has 1 aliphatic rings. The van der Waals surface area contributed by atoms with E-state index in [1.807, 2.05) is 0 Å². The maximum Gasteiger partial charge on any atom is 0.393 e. The number of nitrogens with one attached hydrogen (secondary N) is 2. The van der Waals surface area contributed by atoms with Gasteiger partial charge in [-0.1, -0.05) is 0 Å². The Morgan fingerprint density at radius 1 is 1.31 bits per heavy atom. The summed E-state index contributed by atoms with van der Waals surface area (Å²) in [6.07, 6.45) is -3.75. The Morgan fingerprint density at radius 3 is 2.65 bits per heavy atom. The lowest BCUT2D eigenvalue weighted by Crippen LogP contribution is -2.44. The van der Waals surface area contributed by atoms with Crippen molar-refractivity contribution in [1.29, 1.82) is 0 Å². The van der Waals surface area contributed by atoms with Crippen molar-refractivity contribution in [3.05, 3.63) is 18.2 Å². The quantitative estimate of drug-likeness (QED) is 0.833. The van der Waals surface area contributed by atoms with E-state index < -0.39 is 18.0 Å². The second-order valence-corrected chi connectivity index (χ2v) is 6.26. The lowest BCUT2D eigenvalue weighted by atomic mass is 9.97. The van der Waals surface area contributed by atoms with Crippen molar-refractivity contribution in [2.24, 2.45) is 5.92 Å². The first-order valence-corrected chi connectivity index (χ1v) is 8.23. The zero-order valence-electron chi connectivity index (χ0n) is 14.7. The smallest absolute Gasteiger partial charge is 0.393 e. The van der Waals surface area contributed by atoms with Crippen LogP contribution in [0.3, 0.4) is 0 Å². The van der Waals surface area contributed by atoms with Gasteiger partial charge in [-0.3, -0.25) is 14.5 Å². The number of hydrogen-bond acceptors (Lipinski definition) is 4. The van der Waals surface area contributed by atoms with Crippen LogP contribution in [0.2, 0.25) is 0 Å². The average molecular weight is 373 g/mol. The highest BCUT2D eigenvalue weighted by molar-refractivity contribution is 5.95. The molecule has 1 aromatic carbocycles. The number of nitrogens with zero attached hydrogens (tertiary/aromatic N) is 1. The summed E-state index contributed by atoms with van der Waals surface area (Å²) >= 11 is 0. The molecule has 1 heterocycles. The number of rotatable bonds is 5. The van der Waals surface area contributed by atoms with Crippen molar-refractivity contribution in [2.45, 2.75) is 25.9 Å². The van der Waals surface area contributed by atoms with Crippen molar-refractivity contribution < 1.29 is 27.5 Å². The van der Waals surface area contributed by atoms with E-state index >= 15 is 0 Å². The molecule has 144 valence electrons. The molecule has 26 heavy (non-hydrogen) atoms. The minimum absolute atomic E-state index is 0.0915. The molecule has 1 fully saturated rings. The minimum Gasteiger partial charge on any atom is -0.495 e. The predicted octanol–water partition coefficient (Wildman–Crippen LogP) is 2.87. The van der Waals surface area contributed by atoms with Crippen molar-refractivity contribution >= 4 is 23.2 Å². The largest absolute Gasteiger partial charge is 0.495 e. The molecule has 6 nitrogen and oxygen atoms in total. The third-order valence-electron chi connectivity index (χ3n) is 4.13. The van der Waals surface area contributed by atoms with E-state index in [0.29, 0.717) is 30.1 Å². The van der Waals surface area contributed by atoms with Gasteiger partial charge in [-0.05, 0) is 37.6 Å². The minimum atomic E-state index is -4.24. The normalized spacial score (nSPS) is 18.3.